The number of aryl methyl sites for hydroxylation is 1. The molecule has 25 heavy (non-hydrogen) atoms. The molecule has 1 aromatic carbocycles. The average Bonchev–Trinajstić information content (AvgIpc) is 3.20. The molecule has 0 bridgehead atoms. The number of ether oxygens (including phenoxy) is 1. The van der Waals surface area contributed by atoms with E-state index < -0.39 is 0 Å². The monoisotopic (exact) mass is 354 g/mol. The summed E-state index contributed by atoms with van der Waals surface area (Å²) < 4.78 is 7.55. The summed E-state index contributed by atoms with van der Waals surface area (Å²) in [4.78, 5) is 28.3. The van der Waals surface area contributed by atoms with E-state index in [0.29, 0.717) is 16.9 Å². The van der Waals surface area contributed by atoms with Gasteiger partial charge >= 0.3 is 0 Å². The Labute approximate surface area is 149 Å². The zero-order valence-electron chi connectivity index (χ0n) is 14.3. The van der Waals surface area contributed by atoms with Crippen LogP contribution in [0.25, 0.3) is 5.13 Å². The highest BCUT2D eigenvalue weighted by atomic mass is 32.1. The Morgan fingerprint density at radius 2 is 2.04 bits per heavy atom. The molecule has 3 rings (SSSR count). The van der Waals surface area contributed by atoms with Crippen LogP contribution in [0.5, 0.6) is 5.75 Å². The van der Waals surface area contributed by atoms with E-state index in [1.807, 2.05) is 29.9 Å². The molecule has 0 atom stereocenters. The third-order valence-corrected chi connectivity index (χ3v) is 4.71. The highest BCUT2D eigenvalue weighted by Crippen LogP contribution is 2.23. The van der Waals surface area contributed by atoms with E-state index in [0.717, 1.165) is 16.5 Å². The minimum absolute atomic E-state index is 0.0382. The molecule has 0 N–H and O–H groups in total. The summed E-state index contributed by atoms with van der Waals surface area (Å²) in [5.41, 5.74) is 2.98. The van der Waals surface area contributed by atoms with Crippen molar-refractivity contribution in [1.29, 1.82) is 0 Å². The predicted octanol–water partition coefficient (Wildman–Crippen LogP) is 4.01. The number of nitrogens with zero attached hydrogens (tertiary/aromatic N) is 2. The molecular weight excluding hydrogens is 336 g/mol. The number of thiazole rings is 1. The van der Waals surface area contributed by atoms with Gasteiger partial charge in [0.2, 0.25) is 5.78 Å². The minimum atomic E-state index is -0.107. The molecular formula is C19H18N2O3S. The van der Waals surface area contributed by atoms with Gasteiger partial charge in [-0.15, -0.1) is 11.3 Å². The van der Waals surface area contributed by atoms with Crippen LogP contribution in [-0.2, 0) is 0 Å². The van der Waals surface area contributed by atoms with Gasteiger partial charge in [0.25, 0.3) is 0 Å². The van der Waals surface area contributed by atoms with Gasteiger partial charge in [-0.2, -0.15) is 0 Å². The molecule has 2 aromatic heterocycles. The summed E-state index contributed by atoms with van der Waals surface area (Å²) in [5.74, 6) is 0.364. The first-order chi connectivity index (χ1) is 12.0. The largest absolute Gasteiger partial charge is 0.485 e. The van der Waals surface area contributed by atoms with Crippen LogP contribution in [0.1, 0.15) is 39.0 Å². The number of carbonyl (C=O) groups excluding carboxylic acids is 2. The van der Waals surface area contributed by atoms with Crippen molar-refractivity contribution in [3.05, 3.63) is 64.4 Å². The molecule has 0 amide bonds. The molecule has 2 heterocycles. The van der Waals surface area contributed by atoms with Gasteiger partial charge in [0, 0.05) is 34.1 Å². The molecule has 0 radical (unpaired) electrons. The van der Waals surface area contributed by atoms with Gasteiger partial charge in [0.1, 0.15) is 5.75 Å². The molecule has 0 fully saturated rings. The number of benzene rings is 1. The van der Waals surface area contributed by atoms with Crippen LogP contribution in [0.3, 0.4) is 0 Å². The van der Waals surface area contributed by atoms with Crippen LogP contribution in [-0.4, -0.2) is 27.7 Å². The standard InChI is InChI=1S/C19H18N2O3S/c1-12-9-17(13(2)21(12)19-20-7-8-25-19)18(23)11-24-16-6-4-5-15(10-16)14(3)22/h4-10H,11H2,1-3H3. The first-order valence-electron chi connectivity index (χ1n) is 7.83. The van der Waals surface area contributed by atoms with Gasteiger partial charge in [-0.25, -0.2) is 4.98 Å². The van der Waals surface area contributed by atoms with Crippen molar-refractivity contribution in [1.82, 2.24) is 9.55 Å². The van der Waals surface area contributed by atoms with E-state index in [1.165, 1.54) is 18.3 Å². The smallest absolute Gasteiger partial charge is 0.202 e. The van der Waals surface area contributed by atoms with Crippen molar-refractivity contribution in [2.45, 2.75) is 20.8 Å². The van der Waals surface area contributed by atoms with Crippen molar-refractivity contribution in [2.24, 2.45) is 0 Å². The van der Waals surface area contributed by atoms with Crippen LogP contribution in [0.4, 0.5) is 0 Å². The number of carbonyl (C=O) groups is 2. The minimum Gasteiger partial charge on any atom is -0.485 e. The maximum atomic E-state index is 12.6. The van der Waals surface area contributed by atoms with E-state index >= 15 is 0 Å². The molecule has 3 aromatic rings. The molecule has 0 saturated carbocycles. The number of hydrogen-bond donors (Lipinski definition) is 0. The van der Waals surface area contributed by atoms with Gasteiger partial charge in [0.15, 0.2) is 17.5 Å². The topological polar surface area (TPSA) is 61.2 Å². The van der Waals surface area contributed by atoms with Crippen molar-refractivity contribution in [3.63, 3.8) is 0 Å². The fraction of sp³-hybridized carbons (Fsp3) is 0.211. The Kier molecular flexibility index (Phi) is 4.81. The zero-order valence-corrected chi connectivity index (χ0v) is 15.1. The lowest BCUT2D eigenvalue weighted by Crippen LogP contribution is -2.13. The zero-order chi connectivity index (χ0) is 18.0. The van der Waals surface area contributed by atoms with Crippen molar-refractivity contribution in [3.8, 4) is 10.9 Å². The Balaban J connectivity index is 1.77. The van der Waals surface area contributed by atoms with Crippen LogP contribution >= 0.6 is 11.3 Å². The van der Waals surface area contributed by atoms with Crippen LogP contribution in [0.15, 0.2) is 41.9 Å². The maximum absolute atomic E-state index is 12.6. The van der Waals surface area contributed by atoms with Gasteiger partial charge < -0.3 is 4.74 Å². The van der Waals surface area contributed by atoms with Crippen molar-refractivity contribution in [2.75, 3.05) is 6.61 Å². The fourth-order valence-corrected chi connectivity index (χ4v) is 3.45. The first kappa shape index (κ1) is 17.1. The van der Waals surface area contributed by atoms with E-state index in [-0.39, 0.29) is 18.2 Å². The molecule has 0 unspecified atom stereocenters. The SMILES string of the molecule is CC(=O)c1cccc(OCC(=O)c2cc(C)n(-c3nccs3)c2C)c1. The lowest BCUT2D eigenvalue weighted by Gasteiger charge is -2.07. The molecule has 128 valence electrons. The van der Waals surface area contributed by atoms with Gasteiger partial charge in [-0.05, 0) is 39.0 Å². The quantitative estimate of drug-likeness (QED) is 0.628. The number of aromatic nitrogens is 2. The summed E-state index contributed by atoms with van der Waals surface area (Å²) in [6.07, 6.45) is 1.74. The van der Waals surface area contributed by atoms with E-state index in [4.69, 9.17) is 4.74 Å². The molecule has 6 heteroatoms. The fourth-order valence-electron chi connectivity index (χ4n) is 2.70. The maximum Gasteiger partial charge on any atom is 0.202 e. The van der Waals surface area contributed by atoms with Gasteiger partial charge in [0.05, 0.1) is 0 Å². The summed E-state index contributed by atoms with van der Waals surface area (Å²) in [6, 6.07) is 8.70. The molecule has 0 spiro atoms. The summed E-state index contributed by atoms with van der Waals surface area (Å²) in [6.45, 7) is 5.27. The third-order valence-electron chi connectivity index (χ3n) is 3.95. The summed E-state index contributed by atoms with van der Waals surface area (Å²) in [5, 5.41) is 2.74. The lowest BCUT2D eigenvalue weighted by molar-refractivity contribution is 0.0921. The summed E-state index contributed by atoms with van der Waals surface area (Å²) >= 11 is 1.52. The summed E-state index contributed by atoms with van der Waals surface area (Å²) in [7, 11) is 0. The van der Waals surface area contributed by atoms with E-state index in [2.05, 4.69) is 4.98 Å². The van der Waals surface area contributed by atoms with Gasteiger partial charge in [-0.3, -0.25) is 14.2 Å². The average molecular weight is 354 g/mol. The van der Waals surface area contributed by atoms with Crippen LogP contribution in [0.2, 0.25) is 0 Å². The predicted molar refractivity (Wildman–Crippen MR) is 97.2 cm³/mol. The normalized spacial score (nSPS) is 10.7. The van der Waals surface area contributed by atoms with Gasteiger partial charge in [-0.1, -0.05) is 12.1 Å². The Morgan fingerprint density at radius 3 is 2.72 bits per heavy atom. The number of hydrogen-bond acceptors (Lipinski definition) is 5. The van der Waals surface area contributed by atoms with Crippen molar-refractivity contribution >= 4 is 22.9 Å². The third kappa shape index (κ3) is 3.53. The molecule has 0 aliphatic carbocycles. The first-order valence-corrected chi connectivity index (χ1v) is 8.71. The molecule has 0 aliphatic heterocycles. The molecule has 5 nitrogen and oxygen atoms in total. The highest BCUT2D eigenvalue weighted by Gasteiger charge is 2.18. The van der Waals surface area contributed by atoms with E-state index in [1.54, 1.807) is 30.5 Å². The second-order valence-corrected chi connectivity index (χ2v) is 6.60. The second-order valence-electron chi connectivity index (χ2n) is 5.73. The number of rotatable bonds is 6. The number of Topliss-reactive ketones (excluding diaryl/α,β-unsaturated/α-hetero) is 2. The Morgan fingerprint density at radius 1 is 1.24 bits per heavy atom. The lowest BCUT2D eigenvalue weighted by atomic mass is 10.1. The highest BCUT2D eigenvalue weighted by molar-refractivity contribution is 7.12. The second kappa shape index (κ2) is 7.03. The molecule has 0 aliphatic rings. The van der Waals surface area contributed by atoms with Crippen LogP contribution in [0, 0.1) is 13.8 Å². The van der Waals surface area contributed by atoms with Crippen molar-refractivity contribution < 1.29 is 14.3 Å². The van der Waals surface area contributed by atoms with E-state index in [9.17, 15) is 9.59 Å². The number of ketones is 2. The Bertz CT molecular complexity index is 926. The molecule has 0 saturated heterocycles. The van der Waals surface area contributed by atoms with Crippen LogP contribution < -0.4 is 4.74 Å². The Hall–Kier alpha value is -2.73.